The van der Waals surface area contributed by atoms with E-state index in [2.05, 4.69) is 0 Å². The summed E-state index contributed by atoms with van der Waals surface area (Å²) in [5.41, 5.74) is 3.05. The molecule has 1 N–H and O–H groups in total. The molecule has 3 rings (SSSR count). The normalized spacial score (nSPS) is 21.7. The zero-order chi connectivity index (χ0) is 16.7. The van der Waals surface area contributed by atoms with E-state index in [1.165, 1.54) is 0 Å². The van der Waals surface area contributed by atoms with Crippen molar-refractivity contribution in [1.82, 2.24) is 4.90 Å². The maximum Gasteiger partial charge on any atom is 0.323 e. The number of fused-ring (bicyclic) bond motifs is 1. The minimum Gasteiger partial charge on any atom is -0.490 e. The van der Waals surface area contributed by atoms with Gasteiger partial charge in [0, 0.05) is 6.42 Å². The molecule has 7 heteroatoms. The van der Waals surface area contributed by atoms with E-state index in [4.69, 9.17) is 22.1 Å². The van der Waals surface area contributed by atoms with E-state index in [1.54, 1.807) is 6.08 Å². The third-order valence-corrected chi connectivity index (χ3v) is 5.04. The first kappa shape index (κ1) is 16.0. The van der Waals surface area contributed by atoms with Gasteiger partial charge in [-0.05, 0) is 48.7 Å². The van der Waals surface area contributed by atoms with Crippen molar-refractivity contribution in [1.29, 1.82) is 0 Å². The van der Waals surface area contributed by atoms with Crippen molar-refractivity contribution in [3.8, 4) is 5.75 Å². The highest BCUT2D eigenvalue weighted by atomic mass is 32.2. The van der Waals surface area contributed by atoms with E-state index in [9.17, 15) is 9.59 Å². The number of rotatable bonds is 3. The number of hydrogen-bond donors (Lipinski definition) is 1. The van der Waals surface area contributed by atoms with Gasteiger partial charge in [-0.1, -0.05) is 24.0 Å². The molecule has 0 bridgehead atoms. The third kappa shape index (κ3) is 3.11. The van der Waals surface area contributed by atoms with Crippen LogP contribution in [-0.2, 0) is 16.0 Å². The summed E-state index contributed by atoms with van der Waals surface area (Å²) < 4.78 is 6.05. The molecule has 2 heterocycles. The first-order chi connectivity index (χ1) is 10.8. The fraction of sp³-hybridized carbons (Fsp3) is 0.312. The van der Waals surface area contributed by atoms with E-state index in [0.29, 0.717) is 4.91 Å². The van der Waals surface area contributed by atoms with E-state index in [1.807, 2.05) is 26.0 Å². The molecular formula is C16H15NO4S2. The van der Waals surface area contributed by atoms with Gasteiger partial charge in [-0.15, -0.1) is 0 Å². The van der Waals surface area contributed by atoms with Crippen molar-refractivity contribution in [3.63, 3.8) is 0 Å². The van der Waals surface area contributed by atoms with Crippen LogP contribution in [0.15, 0.2) is 17.0 Å². The van der Waals surface area contributed by atoms with Crippen LogP contribution in [-0.4, -0.2) is 38.9 Å². The minimum absolute atomic E-state index is 0.160. The fourth-order valence-corrected chi connectivity index (χ4v) is 4.01. The van der Waals surface area contributed by atoms with Crippen LogP contribution in [0.5, 0.6) is 5.75 Å². The van der Waals surface area contributed by atoms with Gasteiger partial charge >= 0.3 is 5.97 Å². The standard InChI is InChI=1S/C16H15NO4S2/c1-8-3-10(5-11-4-9(2)21-14(8)11)6-12-15(20)17(7-13(18)19)16(22)23-12/h3,5-6,9H,4,7H2,1-2H3,(H,18,19)/b12-6-/t9-/m0/s1. The molecule has 1 aromatic carbocycles. The summed E-state index contributed by atoms with van der Waals surface area (Å²) in [5.74, 6) is -0.514. The van der Waals surface area contributed by atoms with Crippen LogP contribution in [0.2, 0.25) is 0 Å². The topological polar surface area (TPSA) is 66.8 Å². The number of amides is 1. The van der Waals surface area contributed by atoms with Crippen molar-refractivity contribution >= 4 is 46.3 Å². The van der Waals surface area contributed by atoms with Crippen LogP contribution >= 0.6 is 24.0 Å². The number of carbonyl (C=O) groups is 2. The number of hydrogen-bond acceptors (Lipinski definition) is 5. The number of carboxylic acid groups (broad SMARTS) is 1. The highest BCUT2D eigenvalue weighted by Crippen LogP contribution is 2.36. The Morgan fingerprint density at radius 2 is 2.30 bits per heavy atom. The monoisotopic (exact) mass is 349 g/mol. The Balaban J connectivity index is 1.90. The number of carboxylic acids is 1. The maximum absolute atomic E-state index is 12.3. The third-order valence-electron chi connectivity index (χ3n) is 3.67. The van der Waals surface area contributed by atoms with Crippen LogP contribution < -0.4 is 4.74 Å². The Labute approximate surface area is 143 Å². The number of thiocarbonyl (C=S) groups is 1. The van der Waals surface area contributed by atoms with Crippen molar-refractivity contribution in [2.24, 2.45) is 0 Å². The second kappa shape index (κ2) is 5.98. The number of ether oxygens (including phenoxy) is 1. The average Bonchev–Trinajstić information content (AvgIpc) is 2.94. The minimum atomic E-state index is -1.08. The van der Waals surface area contributed by atoms with Gasteiger partial charge in [-0.3, -0.25) is 14.5 Å². The predicted molar refractivity (Wildman–Crippen MR) is 92.5 cm³/mol. The Hall–Kier alpha value is -1.86. The molecule has 5 nitrogen and oxygen atoms in total. The SMILES string of the molecule is Cc1cc(/C=C2\SC(=S)N(CC(=O)O)C2=O)cc2c1O[C@@H](C)C2. The summed E-state index contributed by atoms with van der Waals surface area (Å²) >= 11 is 6.23. The van der Waals surface area contributed by atoms with Crippen LogP contribution in [0.3, 0.4) is 0 Å². The highest BCUT2D eigenvalue weighted by Gasteiger charge is 2.33. The largest absolute Gasteiger partial charge is 0.490 e. The van der Waals surface area contributed by atoms with Crippen molar-refractivity contribution < 1.29 is 19.4 Å². The van der Waals surface area contributed by atoms with E-state index >= 15 is 0 Å². The summed E-state index contributed by atoms with van der Waals surface area (Å²) in [6, 6.07) is 3.97. The molecule has 0 radical (unpaired) electrons. The van der Waals surface area contributed by atoms with Gasteiger partial charge in [0.2, 0.25) is 0 Å². The molecule has 23 heavy (non-hydrogen) atoms. The molecule has 1 aromatic rings. The lowest BCUT2D eigenvalue weighted by molar-refractivity contribution is -0.140. The summed E-state index contributed by atoms with van der Waals surface area (Å²) in [7, 11) is 0. The second-order valence-corrected chi connectivity index (χ2v) is 7.30. The molecule has 2 aliphatic heterocycles. The van der Waals surface area contributed by atoms with E-state index in [0.717, 1.165) is 45.5 Å². The van der Waals surface area contributed by atoms with Gasteiger partial charge in [0.25, 0.3) is 5.91 Å². The summed E-state index contributed by atoms with van der Waals surface area (Å²) in [6.07, 6.45) is 2.77. The Morgan fingerprint density at radius 3 is 3.00 bits per heavy atom. The first-order valence-corrected chi connectivity index (χ1v) is 8.35. The lowest BCUT2D eigenvalue weighted by Gasteiger charge is -2.10. The van der Waals surface area contributed by atoms with E-state index < -0.39 is 12.5 Å². The summed E-state index contributed by atoms with van der Waals surface area (Å²) in [4.78, 5) is 24.7. The van der Waals surface area contributed by atoms with Crippen molar-refractivity contribution in [2.45, 2.75) is 26.4 Å². The number of nitrogens with zero attached hydrogens (tertiary/aromatic N) is 1. The Kier molecular flexibility index (Phi) is 4.16. The Bertz CT molecular complexity index is 757. The molecule has 1 amide bonds. The maximum atomic E-state index is 12.3. The molecule has 0 spiro atoms. The van der Waals surface area contributed by atoms with Crippen LogP contribution in [0.4, 0.5) is 0 Å². The fourth-order valence-electron chi connectivity index (χ4n) is 2.76. The van der Waals surface area contributed by atoms with Gasteiger partial charge in [0.1, 0.15) is 22.7 Å². The number of thioether (sulfide) groups is 1. The lowest BCUT2D eigenvalue weighted by Crippen LogP contribution is -2.33. The van der Waals surface area contributed by atoms with Gasteiger partial charge in [-0.2, -0.15) is 0 Å². The number of benzene rings is 1. The second-order valence-electron chi connectivity index (χ2n) is 5.62. The van der Waals surface area contributed by atoms with Crippen LogP contribution in [0.1, 0.15) is 23.6 Å². The van der Waals surface area contributed by atoms with E-state index in [-0.39, 0.29) is 16.3 Å². The van der Waals surface area contributed by atoms with Gasteiger partial charge in [-0.25, -0.2) is 0 Å². The molecule has 0 aliphatic carbocycles. The lowest BCUT2D eigenvalue weighted by atomic mass is 10.0. The number of carbonyl (C=O) groups excluding carboxylic acids is 1. The highest BCUT2D eigenvalue weighted by molar-refractivity contribution is 8.26. The molecule has 1 saturated heterocycles. The van der Waals surface area contributed by atoms with Gasteiger partial charge in [0.05, 0.1) is 4.91 Å². The molecule has 120 valence electrons. The number of aryl methyl sites for hydroxylation is 1. The summed E-state index contributed by atoms with van der Waals surface area (Å²) in [5, 5.41) is 8.86. The van der Waals surface area contributed by atoms with Crippen LogP contribution in [0.25, 0.3) is 6.08 Å². The molecule has 0 saturated carbocycles. The van der Waals surface area contributed by atoms with Crippen molar-refractivity contribution in [3.05, 3.63) is 33.7 Å². The Morgan fingerprint density at radius 1 is 1.57 bits per heavy atom. The smallest absolute Gasteiger partial charge is 0.323 e. The first-order valence-electron chi connectivity index (χ1n) is 7.12. The molecule has 0 aromatic heterocycles. The molecule has 2 aliphatic rings. The molecule has 0 unspecified atom stereocenters. The zero-order valence-electron chi connectivity index (χ0n) is 12.7. The molecular weight excluding hydrogens is 334 g/mol. The molecule has 1 atom stereocenters. The quantitative estimate of drug-likeness (QED) is 0.668. The van der Waals surface area contributed by atoms with Gasteiger partial charge in [0.15, 0.2) is 0 Å². The zero-order valence-corrected chi connectivity index (χ0v) is 14.3. The van der Waals surface area contributed by atoms with Gasteiger partial charge < -0.3 is 9.84 Å². The van der Waals surface area contributed by atoms with Crippen LogP contribution in [0, 0.1) is 6.92 Å². The van der Waals surface area contributed by atoms with Crippen molar-refractivity contribution in [2.75, 3.05) is 6.54 Å². The predicted octanol–water partition coefficient (Wildman–Crippen LogP) is 2.60. The number of aliphatic carboxylic acids is 1. The summed E-state index contributed by atoms with van der Waals surface area (Å²) in [6.45, 7) is 3.59. The average molecular weight is 349 g/mol. The molecule has 1 fully saturated rings.